The van der Waals surface area contributed by atoms with E-state index >= 15 is 0 Å². The number of aliphatic hydroxyl groups excluding tert-OH is 1. The molecule has 0 unspecified atom stereocenters. The van der Waals surface area contributed by atoms with E-state index in [1.54, 1.807) is 37.4 Å². The average molecular weight is 491 g/mol. The van der Waals surface area contributed by atoms with E-state index in [0.717, 1.165) is 24.2 Å². The monoisotopic (exact) mass is 490 g/mol. The Bertz CT molecular complexity index is 1320. The fraction of sp³-hybridized carbons (Fsp3) is 0.464. The number of hydrogen-bond donors (Lipinski definition) is 4. The summed E-state index contributed by atoms with van der Waals surface area (Å²) in [6.07, 6.45) is 2.68. The maximum Gasteiger partial charge on any atom is 0.255 e. The average Bonchev–Trinajstić information content (AvgIpc) is 3.61. The number of anilines is 1. The van der Waals surface area contributed by atoms with Gasteiger partial charge in [-0.2, -0.15) is 0 Å². The van der Waals surface area contributed by atoms with Gasteiger partial charge in [-0.1, -0.05) is 12.1 Å². The van der Waals surface area contributed by atoms with Crippen LogP contribution in [0.5, 0.6) is 17.2 Å². The van der Waals surface area contributed by atoms with Crippen LogP contribution in [-0.2, 0) is 16.6 Å². The van der Waals surface area contributed by atoms with Gasteiger partial charge in [-0.05, 0) is 61.9 Å². The van der Waals surface area contributed by atoms with Gasteiger partial charge in [0, 0.05) is 36.3 Å². The van der Waals surface area contributed by atoms with Gasteiger partial charge in [0.25, 0.3) is 5.91 Å². The molecule has 2 aromatic rings. The van der Waals surface area contributed by atoms with E-state index in [1.807, 2.05) is 6.07 Å². The first-order chi connectivity index (χ1) is 17.4. The number of aliphatic hydroxyl groups is 2. The number of ether oxygens (including phenoxy) is 2. The van der Waals surface area contributed by atoms with Crippen LogP contribution in [0.1, 0.15) is 36.8 Å². The van der Waals surface area contributed by atoms with Crippen molar-refractivity contribution >= 4 is 11.6 Å². The van der Waals surface area contributed by atoms with Crippen LogP contribution in [0.25, 0.3) is 0 Å². The van der Waals surface area contributed by atoms with Gasteiger partial charge in [-0.25, -0.2) is 0 Å². The summed E-state index contributed by atoms with van der Waals surface area (Å²) in [5.74, 6) is 0.920. The van der Waals surface area contributed by atoms with Crippen molar-refractivity contribution in [1.82, 2.24) is 4.90 Å². The Hall–Kier alpha value is -3.23. The van der Waals surface area contributed by atoms with Crippen molar-refractivity contribution in [3.8, 4) is 17.2 Å². The molecule has 7 rings (SSSR count). The second-order valence-corrected chi connectivity index (χ2v) is 11.0. The highest BCUT2D eigenvalue weighted by molar-refractivity contribution is 6.04. The second-order valence-electron chi connectivity index (χ2n) is 11.0. The van der Waals surface area contributed by atoms with Gasteiger partial charge in [0.15, 0.2) is 17.6 Å². The number of likely N-dealkylation sites (tertiary alicyclic amines) is 1. The van der Waals surface area contributed by atoms with Crippen LogP contribution >= 0.6 is 0 Å². The van der Waals surface area contributed by atoms with E-state index in [9.17, 15) is 20.1 Å². The zero-order valence-corrected chi connectivity index (χ0v) is 20.2. The molecule has 3 aliphatic carbocycles. The number of hydrogen-bond acceptors (Lipinski definition) is 7. The Morgan fingerprint density at radius 1 is 1.25 bits per heavy atom. The molecule has 0 aromatic heterocycles. The van der Waals surface area contributed by atoms with Crippen LogP contribution < -0.4 is 14.8 Å². The van der Waals surface area contributed by atoms with Crippen LogP contribution in [-0.4, -0.2) is 64.1 Å². The standard InChI is InChI=1S/C28H30N2O6/c1-35-18-4-2-3-17(12-18)29-26(33)19-13-28(34)21-11-16-7-8-20(31)24-22(16)27(28,25(36-24)23(19)32)9-10-30(21)14-15-5-6-15/h2-4,7-8,12,15,21,25,31-32,34H,5-6,9-11,13-14H2,1H3,(H,29,33)/t21-,25+,27+,28-/m1/s1. The van der Waals surface area contributed by atoms with E-state index in [-0.39, 0.29) is 29.5 Å². The lowest BCUT2D eigenvalue weighted by Crippen LogP contribution is -2.75. The molecular weight excluding hydrogens is 460 g/mol. The molecule has 2 fully saturated rings. The van der Waals surface area contributed by atoms with Crippen molar-refractivity contribution in [3.05, 3.63) is 58.9 Å². The number of carbonyl (C=O) groups excluding carboxylic acids is 1. The van der Waals surface area contributed by atoms with Crippen molar-refractivity contribution in [2.45, 2.75) is 55.3 Å². The molecule has 1 amide bonds. The number of nitrogens with zero attached hydrogens (tertiary/aromatic N) is 1. The maximum absolute atomic E-state index is 13.5. The molecule has 2 aliphatic heterocycles. The number of phenolic OH excluding ortho intramolecular Hbond substituents is 1. The molecule has 4 N–H and O–H groups in total. The molecule has 4 atom stereocenters. The SMILES string of the molecule is COc1cccc(NC(=O)C2=C(O)[C@@H]3Oc4c(O)ccc5c4[C@@]34CCN(CC3CC3)[C@H](C5)[C@]4(O)C2)c1. The molecule has 188 valence electrons. The number of aromatic hydroxyl groups is 1. The second kappa shape index (κ2) is 7.40. The molecule has 1 saturated heterocycles. The van der Waals surface area contributed by atoms with Gasteiger partial charge < -0.3 is 30.1 Å². The lowest BCUT2D eigenvalue weighted by Gasteiger charge is -2.62. The molecule has 2 aromatic carbocycles. The topological polar surface area (TPSA) is 111 Å². The summed E-state index contributed by atoms with van der Waals surface area (Å²) in [6.45, 7) is 1.70. The van der Waals surface area contributed by atoms with Gasteiger partial charge in [-0.15, -0.1) is 0 Å². The zero-order chi connectivity index (χ0) is 24.8. The predicted octanol–water partition coefficient (Wildman–Crippen LogP) is 3.03. The van der Waals surface area contributed by atoms with Crippen molar-refractivity contribution < 1.29 is 29.6 Å². The van der Waals surface area contributed by atoms with E-state index in [2.05, 4.69) is 10.2 Å². The summed E-state index contributed by atoms with van der Waals surface area (Å²) in [6, 6.07) is 10.3. The Balaban J connectivity index is 1.34. The molecule has 36 heavy (non-hydrogen) atoms. The number of carbonyl (C=O) groups is 1. The minimum Gasteiger partial charge on any atom is -0.508 e. The molecule has 1 saturated carbocycles. The third-order valence-corrected chi connectivity index (χ3v) is 9.12. The number of amides is 1. The van der Waals surface area contributed by atoms with Crippen LogP contribution in [0.15, 0.2) is 47.7 Å². The molecule has 1 spiro atoms. The van der Waals surface area contributed by atoms with Crippen molar-refractivity contribution in [3.63, 3.8) is 0 Å². The number of methoxy groups -OCH3 is 1. The molecular formula is C28H30N2O6. The molecule has 5 aliphatic rings. The summed E-state index contributed by atoms with van der Waals surface area (Å²) in [7, 11) is 1.55. The number of benzene rings is 2. The normalized spacial score (nSPS) is 32.1. The number of phenols is 1. The van der Waals surface area contributed by atoms with Crippen LogP contribution in [0.2, 0.25) is 0 Å². The molecule has 8 heteroatoms. The van der Waals surface area contributed by atoms with Crippen LogP contribution in [0, 0.1) is 5.92 Å². The smallest absolute Gasteiger partial charge is 0.255 e. The molecule has 8 nitrogen and oxygen atoms in total. The van der Waals surface area contributed by atoms with Gasteiger partial charge >= 0.3 is 0 Å². The third kappa shape index (κ3) is 2.80. The first-order valence-electron chi connectivity index (χ1n) is 12.7. The highest BCUT2D eigenvalue weighted by Crippen LogP contribution is 2.66. The summed E-state index contributed by atoms with van der Waals surface area (Å²) in [5, 5.41) is 37.7. The fourth-order valence-electron chi connectivity index (χ4n) is 7.28. The Kier molecular flexibility index (Phi) is 4.52. The molecule has 2 bridgehead atoms. The van der Waals surface area contributed by atoms with Crippen LogP contribution in [0.4, 0.5) is 5.69 Å². The van der Waals surface area contributed by atoms with Gasteiger partial charge in [0.1, 0.15) is 11.5 Å². The van der Waals surface area contributed by atoms with E-state index in [0.29, 0.717) is 35.9 Å². The highest BCUT2D eigenvalue weighted by Gasteiger charge is 2.73. The zero-order valence-electron chi connectivity index (χ0n) is 20.2. The van der Waals surface area contributed by atoms with E-state index in [1.165, 1.54) is 12.8 Å². The van der Waals surface area contributed by atoms with E-state index < -0.39 is 23.0 Å². The predicted molar refractivity (Wildman–Crippen MR) is 131 cm³/mol. The number of nitrogens with one attached hydrogen (secondary N) is 1. The van der Waals surface area contributed by atoms with Crippen LogP contribution in [0.3, 0.4) is 0 Å². The quantitative estimate of drug-likeness (QED) is 0.510. The van der Waals surface area contributed by atoms with E-state index in [4.69, 9.17) is 9.47 Å². The maximum atomic E-state index is 13.5. The fourth-order valence-corrected chi connectivity index (χ4v) is 7.28. The molecule has 0 radical (unpaired) electrons. The minimum atomic E-state index is -1.33. The van der Waals surface area contributed by atoms with Gasteiger partial charge in [0.2, 0.25) is 0 Å². The Labute approximate surface area is 209 Å². The van der Waals surface area contributed by atoms with Crippen molar-refractivity contribution in [1.29, 1.82) is 0 Å². The van der Waals surface area contributed by atoms with Crippen molar-refractivity contribution in [2.75, 3.05) is 25.5 Å². The molecule has 2 heterocycles. The lowest BCUT2D eigenvalue weighted by atomic mass is 9.49. The third-order valence-electron chi connectivity index (χ3n) is 9.12. The summed E-state index contributed by atoms with van der Waals surface area (Å²) >= 11 is 0. The Morgan fingerprint density at radius 3 is 2.86 bits per heavy atom. The number of piperidine rings is 1. The first kappa shape index (κ1) is 22.0. The lowest BCUT2D eigenvalue weighted by molar-refractivity contribution is -0.172. The highest BCUT2D eigenvalue weighted by atomic mass is 16.5. The summed E-state index contributed by atoms with van der Waals surface area (Å²) < 4.78 is 11.5. The number of rotatable bonds is 5. The largest absolute Gasteiger partial charge is 0.508 e. The van der Waals surface area contributed by atoms with Gasteiger partial charge in [-0.3, -0.25) is 9.69 Å². The first-order valence-corrected chi connectivity index (χ1v) is 12.7. The van der Waals surface area contributed by atoms with Gasteiger partial charge in [0.05, 0.1) is 23.7 Å². The van der Waals surface area contributed by atoms with Crippen molar-refractivity contribution in [2.24, 2.45) is 5.92 Å². The Morgan fingerprint density at radius 2 is 2.08 bits per heavy atom. The summed E-state index contributed by atoms with van der Waals surface area (Å²) in [4.78, 5) is 15.9. The minimum absolute atomic E-state index is 0.00563. The summed E-state index contributed by atoms with van der Waals surface area (Å²) in [5.41, 5.74) is 0.248.